The molecule has 506 valence electrons. The molecular weight excluding hydrogens is 1160 g/mol. The number of guanidine groups is 2. The van der Waals surface area contributed by atoms with Crippen LogP contribution in [0.5, 0.6) is 5.75 Å². The Morgan fingerprint density at radius 3 is 1.30 bits per heavy atom. The van der Waals surface area contributed by atoms with Gasteiger partial charge in [-0.25, -0.2) is 0 Å². The second-order valence-corrected chi connectivity index (χ2v) is 24.6. The van der Waals surface area contributed by atoms with Crippen molar-refractivity contribution in [2.75, 3.05) is 19.6 Å². The Hall–Kier alpha value is -7.88. The number of hydrogen-bond donors (Lipinski definition) is 14. The SMILES string of the molecule is CC(C)C[C@H](CC(=O)[C@H](CC(C)C)NC(=O)[C@H](CCCCN)CC(=O)[C@H](CCCN=C(N)N)NC(=O)[C@@H](CC(=O)[C@H](CCC(N)=O)NC(=O)[C@H](CCC(N)=O)CC(=O)[C@H](CCCN=C(N)N)NC(=O)[C@@H](CC(=O)C(C)C)[C@@H](C)O)Cc1ccc(O)cc1)C(N)=O. The number of phenols is 1. The van der Waals surface area contributed by atoms with Crippen molar-refractivity contribution in [3.63, 3.8) is 0 Å². The number of rotatable bonds is 49. The summed E-state index contributed by atoms with van der Waals surface area (Å²) in [5.74, 6) is -15.4. The zero-order valence-corrected chi connectivity index (χ0v) is 53.7. The molecular formula is C62H104N14O14. The lowest BCUT2D eigenvalue weighted by Crippen LogP contribution is -2.49. The summed E-state index contributed by atoms with van der Waals surface area (Å²) in [7, 11) is 0. The molecule has 7 amide bonds. The molecule has 0 aliphatic heterocycles. The molecule has 90 heavy (non-hydrogen) atoms. The summed E-state index contributed by atoms with van der Waals surface area (Å²) in [6.45, 7) is 12.4. The fourth-order valence-corrected chi connectivity index (χ4v) is 10.1. The van der Waals surface area contributed by atoms with E-state index in [2.05, 4.69) is 31.3 Å². The van der Waals surface area contributed by atoms with E-state index in [1.807, 2.05) is 27.7 Å². The van der Waals surface area contributed by atoms with E-state index in [0.717, 1.165) is 0 Å². The highest BCUT2D eigenvalue weighted by Gasteiger charge is 2.37. The number of hydrogen-bond acceptors (Lipinski definition) is 17. The minimum Gasteiger partial charge on any atom is -0.508 e. The van der Waals surface area contributed by atoms with Gasteiger partial charge < -0.3 is 77.3 Å². The highest BCUT2D eigenvalue weighted by Crippen LogP contribution is 2.25. The molecule has 0 radical (unpaired) electrons. The predicted molar refractivity (Wildman–Crippen MR) is 339 cm³/mol. The fourth-order valence-electron chi connectivity index (χ4n) is 10.1. The molecule has 0 spiro atoms. The van der Waals surface area contributed by atoms with Crippen LogP contribution in [0.4, 0.5) is 0 Å². The Morgan fingerprint density at radius 1 is 0.456 bits per heavy atom. The van der Waals surface area contributed by atoms with Crippen LogP contribution >= 0.6 is 0 Å². The van der Waals surface area contributed by atoms with Crippen molar-refractivity contribution in [2.24, 2.45) is 103 Å². The molecule has 0 bridgehead atoms. The Balaban J connectivity index is 3.89. The number of aliphatic hydroxyl groups excluding tert-OH is 1. The first-order chi connectivity index (χ1) is 42.1. The third-order valence-electron chi connectivity index (χ3n) is 15.3. The van der Waals surface area contributed by atoms with Crippen LogP contribution in [-0.4, -0.2) is 142 Å². The van der Waals surface area contributed by atoms with Crippen molar-refractivity contribution in [3.05, 3.63) is 29.8 Å². The van der Waals surface area contributed by atoms with Gasteiger partial charge in [-0.1, -0.05) is 60.1 Å². The summed E-state index contributed by atoms with van der Waals surface area (Å²) in [6.07, 6.45) is -3.73. The number of nitrogens with one attached hydrogen (secondary N) is 4. The molecule has 1 rings (SSSR count). The highest BCUT2D eigenvalue weighted by molar-refractivity contribution is 5.99. The van der Waals surface area contributed by atoms with Crippen molar-refractivity contribution < 1.29 is 67.7 Å². The zero-order chi connectivity index (χ0) is 68.4. The van der Waals surface area contributed by atoms with E-state index < -0.39 is 169 Å². The summed E-state index contributed by atoms with van der Waals surface area (Å²) >= 11 is 0. The minimum absolute atomic E-state index is 0.0187. The second-order valence-electron chi connectivity index (χ2n) is 24.6. The van der Waals surface area contributed by atoms with Gasteiger partial charge in [-0.2, -0.15) is 0 Å². The van der Waals surface area contributed by atoms with E-state index in [0.29, 0.717) is 24.8 Å². The molecule has 0 unspecified atom stereocenters. The van der Waals surface area contributed by atoms with Crippen molar-refractivity contribution >= 4 is 82.2 Å². The molecule has 0 aliphatic carbocycles. The smallest absolute Gasteiger partial charge is 0.226 e. The average Bonchev–Trinajstić information content (AvgIpc) is 1.60. The lowest BCUT2D eigenvalue weighted by Gasteiger charge is -2.27. The Labute approximate surface area is 528 Å². The number of amides is 7. The number of benzene rings is 1. The molecule has 10 atom stereocenters. The third kappa shape index (κ3) is 33.1. The van der Waals surface area contributed by atoms with Crippen molar-refractivity contribution in [1.29, 1.82) is 0 Å². The van der Waals surface area contributed by atoms with E-state index in [1.165, 1.54) is 31.2 Å². The van der Waals surface area contributed by atoms with Gasteiger partial charge in [-0.15, -0.1) is 0 Å². The van der Waals surface area contributed by atoms with Gasteiger partial charge >= 0.3 is 0 Å². The number of nitrogens with two attached hydrogens (primary N) is 8. The van der Waals surface area contributed by atoms with Gasteiger partial charge in [0.15, 0.2) is 35.1 Å². The van der Waals surface area contributed by atoms with Gasteiger partial charge in [-0.05, 0) is 114 Å². The number of aliphatic imine (C=N–C) groups is 2. The summed E-state index contributed by atoms with van der Waals surface area (Å²) in [5, 5.41) is 31.5. The predicted octanol–water partition coefficient (Wildman–Crippen LogP) is 0.132. The van der Waals surface area contributed by atoms with Crippen molar-refractivity contribution in [2.45, 2.75) is 201 Å². The second kappa shape index (κ2) is 42.2. The number of carbonyl (C=O) groups is 12. The molecule has 0 fully saturated rings. The van der Waals surface area contributed by atoms with Crippen LogP contribution in [0.1, 0.15) is 170 Å². The minimum atomic E-state index is -1.57. The van der Waals surface area contributed by atoms with E-state index in [9.17, 15) is 67.7 Å². The number of ketones is 5. The van der Waals surface area contributed by atoms with Gasteiger partial charge in [0.25, 0.3) is 0 Å². The van der Waals surface area contributed by atoms with E-state index in [-0.39, 0.29) is 119 Å². The Morgan fingerprint density at radius 2 is 0.867 bits per heavy atom. The monoisotopic (exact) mass is 1270 g/mol. The maximum atomic E-state index is 14.9. The number of aliphatic hydroxyl groups is 1. The number of aromatic hydroxyl groups is 1. The molecule has 0 saturated carbocycles. The molecule has 22 N–H and O–H groups in total. The largest absolute Gasteiger partial charge is 0.508 e. The van der Waals surface area contributed by atoms with Gasteiger partial charge in [0, 0.05) is 87.6 Å². The van der Waals surface area contributed by atoms with E-state index in [4.69, 9.17) is 45.9 Å². The quantitative estimate of drug-likeness (QED) is 0.0234. The molecule has 0 heterocycles. The van der Waals surface area contributed by atoms with Gasteiger partial charge in [0.2, 0.25) is 41.4 Å². The number of primary amides is 3. The van der Waals surface area contributed by atoms with Crippen LogP contribution in [-0.2, 0) is 64.0 Å². The fraction of sp³-hybridized carbons (Fsp3) is 0.677. The molecule has 0 aliphatic rings. The lowest BCUT2D eigenvalue weighted by atomic mass is 9.87. The van der Waals surface area contributed by atoms with Crippen molar-refractivity contribution in [3.8, 4) is 5.75 Å². The first-order valence-corrected chi connectivity index (χ1v) is 31.1. The third-order valence-corrected chi connectivity index (χ3v) is 15.3. The van der Waals surface area contributed by atoms with Crippen LogP contribution < -0.4 is 67.1 Å². The lowest BCUT2D eigenvalue weighted by molar-refractivity contribution is -0.137. The van der Waals surface area contributed by atoms with Gasteiger partial charge in [-0.3, -0.25) is 67.5 Å². The number of unbranched alkanes of at least 4 members (excludes halogenated alkanes) is 1. The maximum Gasteiger partial charge on any atom is 0.226 e. The molecule has 0 saturated heterocycles. The molecule has 1 aromatic rings. The van der Waals surface area contributed by atoms with Crippen molar-refractivity contribution in [1.82, 2.24) is 21.3 Å². The van der Waals surface area contributed by atoms with E-state index >= 15 is 0 Å². The van der Waals surface area contributed by atoms with Gasteiger partial charge in [0.1, 0.15) is 11.5 Å². The summed E-state index contributed by atoms with van der Waals surface area (Å²) in [5.41, 5.74) is 45.2. The summed E-state index contributed by atoms with van der Waals surface area (Å²) in [4.78, 5) is 173. The number of Topliss-reactive ketones (excluding diaryl/α,β-unsaturated/α-hetero) is 5. The number of phenolic OH excluding ortho intramolecular Hbond substituents is 1. The number of carbonyl (C=O) groups excluding carboxylic acids is 12. The highest BCUT2D eigenvalue weighted by atomic mass is 16.3. The van der Waals surface area contributed by atoms with Crippen LogP contribution in [0.2, 0.25) is 0 Å². The standard InChI is InChI=1S/C62H104N14O14/c1-34(2)26-41(56(66)86)31-53(83)48(27-35(3)4)76-57(87)39(12-8-9-23-63)29-50(80)45(13-10-24-71-61(67)68)73-59(89)42(28-38-15-18-43(78)19-16-38)32-52(82)47(20-22-55(65)85)74-58(88)40(17-21-54(64)84)30-51(81)46(14-11-25-72-62(69)70)75-60(90)44(37(7)77)33-49(79)36(5)6/h15-16,18-19,34-37,39-42,44-48,77-78H,8-14,17,20-33,63H2,1-7H3,(H2,64,84)(H2,65,85)(H2,66,86)(H,73,89)(H,74,88)(H,75,90)(H,76,87)(H4,67,68,71)(H4,69,70,72)/t37-,39-,40-,41-,42-,44+,45+,46+,47+,48+/m1/s1. The Kier molecular flexibility index (Phi) is 37.5. The molecule has 0 aromatic heterocycles. The number of nitrogens with zero attached hydrogens (tertiary/aromatic N) is 2. The van der Waals surface area contributed by atoms with Crippen LogP contribution in [0, 0.1) is 47.3 Å². The van der Waals surface area contributed by atoms with E-state index in [1.54, 1.807) is 13.8 Å². The first kappa shape index (κ1) is 80.1. The molecule has 28 nitrogen and oxygen atoms in total. The van der Waals surface area contributed by atoms with Crippen LogP contribution in [0.15, 0.2) is 34.3 Å². The normalized spacial score (nSPS) is 14.7. The van der Waals surface area contributed by atoms with Crippen LogP contribution in [0.25, 0.3) is 0 Å². The van der Waals surface area contributed by atoms with Gasteiger partial charge in [0.05, 0.1) is 36.2 Å². The molecule has 28 heteroatoms. The van der Waals surface area contributed by atoms with Crippen LogP contribution in [0.3, 0.4) is 0 Å². The Bertz CT molecular complexity index is 2600. The summed E-state index contributed by atoms with van der Waals surface area (Å²) in [6, 6.07) is 0.419. The topological polar surface area (TPSA) is 526 Å². The molecule has 1 aromatic carbocycles. The zero-order valence-electron chi connectivity index (χ0n) is 53.7. The first-order valence-electron chi connectivity index (χ1n) is 31.1. The summed E-state index contributed by atoms with van der Waals surface area (Å²) < 4.78 is 0. The maximum absolute atomic E-state index is 14.9. The average molecular weight is 1270 g/mol.